The summed E-state index contributed by atoms with van der Waals surface area (Å²) in [5, 5.41) is 0. The van der Waals surface area contributed by atoms with Crippen LogP contribution in [0.15, 0.2) is 22.8 Å². The average Bonchev–Trinajstić information content (AvgIpc) is 2.38. The summed E-state index contributed by atoms with van der Waals surface area (Å²) in [4.78, 5) is 6.92. The smallest absolute Gasteiger partial charge is 0.0909 e. The monoisotopic (exact) mass is 313 g/mol. The van der Waals surface area contributed by atoms with Crippen molar-refractivity contribution in [3.8, 4) is 0 Å². The highest BCUT2D eigenvalue weighted by Gasteiger charge is 2.34. The third-order valence-corrected chi connectivity index (χ3v) is 3.81. The lowest BCUT2D eigenvalue weighted by molar-refractivity contribution is -0.0802. The van der Waals surface area contributed by atoms with Gasteiger partial charge in [0, 0.05) is 29.8 Å². The lowest BCUT2D eigenvalue weighted by atomic mass is 10.0. The molecule has 0 radical (unpaired) electrons. The van der Waals surface area contributed by atoms with Crippen LogP contribution >= 0.6 is 15.9 Å². The maximum Gasteiger partial charge on any atom is 0.0909 e. The molecule has 1 aromatic heterocycles. The van der Waals surface area contributed by atoms with Gasteiger partial charge in [-0.05, 0) is 41.9 Å². The Morgan fingerprint density at radius 2 is 2.33 bits per heavy atom. The van der Waals surface area contributed by atoms with E-state index in [1.165, 1.54) is 0 Å². The lowest BCUT2D eigenvalue weighted by Crippen LogP contribution is -2.51. The van der Waals surface area contributed by atoms with Crippen molar-refractivity contribution >= 4 is 15.9 Å². The van der Waals surface area contributed by atoms with E-state index >= 15 is 0 Å². The summed E-state index contributed by atoms with van der Waals surface area (Å²) in [6, 6.07) is 4.67. The van der Waals surface area contributed by atoms with Crippen LogP contribution in [0.25, 0.3) is 0 Å². The van der Waals surface area contributed by atoms with Crippen LogP contribution in [-0.4, -0.2) is 41.7 Å². The molecular formula is C13H20BrN3O. The van der Waals surface area contributed by atoms with Crippen LogP contribution in [0.3, 0.4) is 0 Å². The highest BCUT2D eigenvalue weighted by Crippen LogP contribution is 2.30. The summed E-state index contributed by atoms with van der Waals surface area (Å²) in [5.74, 6) is 0. The first-order valence-corrected chi connectivity index (χ1v) is 7.11. The minimum absolute atomic E-state index is 0.0230. The highest BCUT2D eigenvalue weighted by atomic mass is 79.9. The van der Waals surface area contributed by atoms with E-state index < -0.39 is 0 Å². The van der Waals surface area contributed by atoms with Crippen LogP contribution < -0.4 is 5.73 Å². The van der Waals surface area contributed by atoms with Gasteiger partial charge in [-0.15, -0.1) is 0 Å². The van der Waals surface area contributed by atoms with Crippen LogP contribution in [0.5, 0.6) is 0 Å². The van der Waals surface area contributed by atoms with E-state index in [0.29, 0.717) is 12.6 Å². The maximum atomic E-state index is 5.83. The topological polar surface area (TPSA) is 51.4 Å². The van der Waals surface area contributed by atoms with Crippen LogP contribution in [-0.2, 0) is 4.74 Å². The average molecular weight is 314 g/mol. The predicted molar refractivity (Wildman–Crippen MR) is 75.3 cm³/mol. The molecule has 1 saturated heterocycles. The second-order valence-electron chi connectivity index (χ2n) is 4.82. The molecule has 2 N–H and O–H groups in total. The van der Waals surface area contributed by atoms with Crippen molar-refractivity contribution < 1.29 is 4.74 Å². The molecular weight excluding hydrogens is 294 g/mol. The first kappa shape index (κ1) is 13.9. The van der Waals surface area contributed by atoms with E-state index in [9.17, 15) is 0 Å². The zero-order chi connectivity index (χ0) is 13.1. The minimum atomic E-state index is 0.0230. The molecule has 2 rings (SSSR count). The van der Waals surface area contributed by atoms with Crippen molar-refractivity contribution in [2.45, 2.75) is 32.0 Å². The molecule has 2 unspecified atom stereocenters. The van der Waals surface area contributed by atoms with Crippen molar-refractivity contribution in [2.75, 3.05) is 19.7 Å². The Bertz CT molecular complexity index is 382. The van der Waals surface area contributed by atoms with Crippen LogP contribution in [0.1, 0.15) is 25.6 Å². The molecule has 5 heteroatoms. The number of rotatable bonds is 3. The van der Waals surface area contributed by atoms with Crippen LogP contribution in [0.4, 0.5) is 0 Å². The standard InChI is InChI=1S/C13H20BrN3O/c1-9(2)17-5-6-18-12(7-15)13(17)11-4-3-10(14)8-16-11/h3-4,8-9,12-13H,5-7,15H2,1-2H3. The zero-order valence-corrected chi connectivity index (χ0v) is 12.4. The number of nitrogens with two attached hydrogens (primary N) is 1. The third kappa shape index (κ3) is 2.91. The molecule has 1 aliphatic rings. The van der Waals surface area contributed by atoms with Gasteiger partial charge in [0.05, 0.1) is 24.4 Å². The zero-order valence-electron chi connectivity index (χ0n) is 10.8. The lowest BCUT2D eigenvalue weighted by Gasteiger charge is -2.42. The number of morpholine rings is 1. The fourth-order valence-corrected chi connectivity index (χ4v) is 2.69. The number of hydrogen-bond acceptors (Lipinski definition) is 4. The van der Waals surface area contributed by atoms with Crippen LogP contribution in [0, 0.1) is 0 Å². The van der Waals surface area contributed by atoms with Gasteiger partial charge in [-0.3, -0.25) is 9.88 Å². The first-order chi connectivity index (χ1) is 8.63. The Labute approximate surface area is 117 Å². The second kappa shape index (κ2) is 6.10. The van der Waals surface area contributed by atoms with Gasteiger partial charge in [0.2, 0.25) is 0 Å². The van der Waals surface area contributed by atoms with Crippen molar-refractivity contribution in [3.05, 3.63) is 28.5 Å². The number of halogens is 1. The quantitative estimate of drug-likeness (QED) is 0.926. The minimum Gasteiger partial charge on any atom is -0.374 e. The van der Waals surface area contributed by atoms with E-state index in [4.69, 9.17) is 10.5 Å². The van der Waals surface area contributed by atoms with Crippen molar-refractivity contribution in [1.29, 1.82) is 0 Å². The second-order valence-corrected chi connectivity index (χ2v) is 5.74. The molecule has 2 atom stereocenters. The molecule has 18 heavy (non-hydrogen) atoms. The van der Waals surface area contributed by atoms with Gasteiger partial charge in [-0.2, -0.15) is 0 Å². The van der Waals surface area contributed by atoms with Gasteiger partial charge in [-0.1, -0.05) is 0 Å². The molecule has 100 valence electrons. The van der Waals surface area contributed by atoms with E-state index in [1.54, 1.807) is 0 Å². The van der Waals surface area contributed by atoms with Gasteiger partial charge in [0.25, 0.3) is 0 Å². The molecule has 2 heterocycles. The predicted octanol–water partition coefficient (Wildman–Crippen LogP) is 1.95. The molecule has 1 aliphatic heterocycles. The van der Waals surface area contributed by atoms with Crippen LogP contribution in [0.2, 0.25) is 0 Å². The number of nitrogens with zero attached hydrogens (tertiary/aromatic N) is 2. The molecule has 0 aromatic carbocycles. The Balaban J connectivity index is 2.30. The number of aromatic nitrogens is 1. The summed E-state index contributed by atoms with van der Waals surface area (Å²) < 4.78 is 6.78. The summed E-state index contributed by atoms with van der Waals surface area (Å²) in [5.41, 5.74) is 6.86. The van der Waals surface area contributed by atoms with Gasteiger partial charge in [0.1, 0.15) is 0 Å². The third-order valence-electron chi connectivity index (χ3n) is 3.34. The maximum absolute atomic E-state index is 5.83. The van der Waals surface area contributed by atoms with E-state index in [2.05, 4.69) is 39.7 Å². The van der Waals surface area contributed by atoms with E-state index in [-0.39, 0.29) is 12.1 Å². The molecule has 0 saturated carbocycles. The normalized spacial score (nSPS) is 25.6. The molecule has 0 aliphatic carbocycles. The molecule has 0 spiro atoms. The first-order valence-electron chi connectivity index (χ1n) is 6.32. The Morgan fingerprint density at radius 1 is 1.56 bits per heavy atom. The SMILES string of the molecule is CC(C)N1CCOC(CN)C1c1ccc(Br)cn1. The number of pyridine rings is 1. The van der Waals surface area contributed by atoms with Gasteiger partial charge in [-0.25, -0.2) is 0 Å². The summed E-state index contributed by atoms with van der Waals surface area (Å²) in [6.07, 6.45) is 1.85. The number of hydrogen-bond donors (Lipinski definition) is 1. The van der Waals surface area contributed by atoms with E-state index in [1.807, 2.05) is 18.3 Å². The summed E-state index contributed by atoms with van der Waals surface area (Å²) in [6.45, 7) is 6.59. The Kier molecular flexibility index (Phi) is 4.72. The van der Waals surface area contributed by atoms with E-state index in [0.717, 1.165) is 23.3 Å². The largest absolute Gasteiger partial charge is 0.374 e. The fourth-order valence-electron chi connectivity index (χ4n) is 2.45. The van der Waals surface area contributed by atoms with Gasteiger partial charge >= 0.3 is 0 Å². The molecule has 1 fully saturated rings. The highest BCUT2D eigenvalue weighted by molar-refractivity contribution is 9.10. The van der Waals surface area contributed by atoms with Crippen molar-refractivity contribution in [1.82, 2.24) is 9.88 Å². The Hall–Kier alpha value is -0.490. The van der Waals surface area contributed by atoms with Crippen molar-refractivity contribution in [3.63, 3.8) is 0 Å². The van der Waals surface area contributed by atoms with Gasteiger partial charge in [0.15, 0.2) is 0 Å². The van der Waals surface area contributed by atoms with Crippen molar-refractivity contribution in [2.24, 2.45) is 5.73 Å². The Morgan fingerprint density at radius 3 is 2.89 bits per heavy atom. The molecule has 0 amide bonds. The summed E-state index contributed by atoms with van der Waals surface area (Å²) in [7, 11) is 0. The molecule has 1 aromatic rings. The molecule has 0 bridgehead atoms. The summed E-state index contributed by atoms with van der Waals surface area (Å²) >= 11 is 3.41. The molecule has 4 nitrogen and oxygen atoms in total. The number of ether oxygens (including phenoxy) is 1. The van der Waals surface area contributed by atoms with Gasteiger partial charge < -0.3 is 10.5 Å². The fraction of sp³-hybridized carbons (Fsp3) is 0.615.